The molecular weight excluding hydrogens is 340 g/mol. The number of hydrogen-bond donors (Lipinski definition) is 1. The molecule has 4 rings (SSSR count). The number of furan rings is 1. The molecule has 0 aliphatic rings. The van der Waals surface area contributed by atoms with Crippen LogP contribution in [0.15, 0.2) is 59.0 Å². The van der Waals surface area contributed by atoms with Crippen molar-refractivity contribution in [2.75, 3.05) is 7.11 Å². The molecular formula is C22H20N2O3. The van der Waals surface area contributed by atoms with E-state index in [1.807, 2.05) is 68.4 Å². The van der Waals surface area contributed by atoms with E-state index in [-0.39, 0.29) is 11.9 Å². The van der Waals surface area contributed by atoms with Crippen molar-refractivity contribution in [3.8, 4) is 5.75 Å². The molecule has 1 N–H and O–H groups in total. The number of carbonyl (C=O) groups excluding carboxylic acids is 1. The second-order valence-corrected chi connectivity index (χ2v) is 6.56. The first-order valence-corrected chi connectivity index (χ1v) is 8.80. The Morgan fingerprint density at radius 2 is 1.93 bits per heavy atom. The Balaban J connectivity index is 1.62. The highest BCUT2D eigenvalue weighted by Gasteiger charge is 2.18. The van der Waals surface area contributed by atoms with Gasteiger partial charge in [-0.3, -0.25) is 9.78 Å². The minimum absolute atomic E-state index is 0.183. The summed E-state index contributed by atoms with van der Waals surface area (Å²) >= 11 is 0. The maximum atomic E-state index is 12.8. The van der Waals surface area contributed by atoms with Crippen molar-refractivity contribution in [1.29, 1.82) is 0 Å². The maximum absolute atomic E-state index is 12.8. The van der Waals surface area contributed by atoms with Crippen LogP contribution in [0.1, 0.15) is 34.8 Å². The number of carbonyl (C=O) groups is 1. The molecule has 0 bridgehead atoms. The number of nitrogens with zero attached hydrogens (tertiary/aromatic N) is 1. The highest BCUT2D eigenvalue weighted by Crippen LogP contribution is 2.25. The summed E-state index contributed by atoms with van der Waals surface area (Å²) in [5, 5.41) is 4.88. The molecule has 0 saturated heterocycles. The summed E-state index contributed by atoms with van der Waals surface area (Å²) in [6, 6.07) is 17.0. The van der Waals surface area contributed by atoms with Gasteiger partial charge in [-0.15, -0.1) is 0 Å². The predicted molar refractivity (Wildman–Crippen MR) is 105 cm³/mol. The molecule has 0 aliphatic heterocycles. The van der Waals surface area contributed by atoms with Crippen LogP contribution in [0, 0.1) is 6.92 Å². The van der Waals surface area contributed by atoms with Crippen LogP contribution in [-0.4, -0.2) is 18.0 Å². The molecule has 0 fully saturated rings. The number of ether oxygens (including phenoxy) is 1. The normalized spacial score (nSPS) is 12.3. The van der Waals surface area contributed by atoms with E-state index in [2.05, 4.69) is 10.3 Å². The molecule has 1 unspecified atom stereocenters. The van der Waals surface area contributed by atoms with Gasteiger partial charge >= 0.3 is 0 Å². The predicted octanol–water partition coefficient (Wildman–Crippen LogP) is 4.79. The van der Waals surface area contributed by atoms with E-state index in [0.29, 0.717) is 11.3 Å². The van der Waals surface area contributed by atoms with Gasteiger partial charge in [0.15, 0.2) is 0 Å². The number of methoxy groups -OCH3 is 1. The molecule has 0 spiro atoms. The molecule has 5 nitrogen and oxygen atoms in total. The van der Waals surface area contributed by atoms with E-state index >= 15 is 0 Å². The molecule has 2 heterocycles. The highest BCUT2D eigenvalue weighted by atomic mass is 16.5. The molecule has 0 aliphatic carbocycles. The quantitative estimate of drug-likeness (QED) is 0.568. The summed E-state index contributed by atoms with van der Waals surface area (Å²) in [7, 11) is 1.62. The Hall–Kier alpha value is -3.34. The van der Waals surface area contributed by atoms with E-state index in [1.54, 1.807) is 7.11 Å². The van der Waals surface area contributed by atoms with Crippen LogP contribution < -0.4 is 10.1 Å². The van der Waals surface area contributed by atoms with Crippen LogP contribution in [0.4, 0.5) is 0 Å². The third-order valence-electron chi connectivity index (χ3n) is 4.68. The lowest BCUT2D eigenvalue weighted by molar-refractivity contribution is 0.0935. The second kappa shape index (κ2) is 6.76. The average molecular weight is 360 g/mol. The number of pyridine rings is 1. The minimum Gasteiger partial charge on any atom is -0.497 e. The molecule has 1 atom stereocenters. The van der Waals surface area contributed by atoms with Crippen molar-refractivity contribution in [1.82, 2.24) is 10.3 Å². The average Bonchev–Trinajstić information content (AvgIpc) is 3.11. The van der Waals surface area contributed by atoms with Gasteiger partial charge in [0, 0.05) is 10.8 Å². The van der Waals surface area contributed by atoms with Crippen LogP contribution in [0.25, 0.3) is 21.9 Å². The first-order valence-electron chi connectivity index (χ1n) is 8.80. The van der Waals surface area contributed by atoms with E-state index in [9.17, 15) is 4.79 Å². The molecule has 0 radical (unpaired) electrons. The molecule has 2 aromatic heterocycles. The van der Waals surface area contributed by atoms with Crippen molar-refractivity contribution < 1.29 is 13.9 Å². The van der Waals surface area contributed by atoms with Gasteiger partial charge in [0.05, 0.1) is 29.9 Å². The van der Waals surface area contributed by atoms with Gasteiger partial charge in [0.25, 0.3) is 5.91 Å². The van der Waals surface area contributed by atoms with Crippen molar-refractivity contribution in [2.24, 2.45) is 0 Å². The third-order valence-corrected chi connectivity index (χ3v) is 4.68. The Kier molecular flexibility index (Phi) is 4.28. The van der Waals surface area contributed by atoms with Crippen LogP contribution in [-0.2, 0) is 0 Å². The molecule has 27 heavy (non-hydrogen) atoms. The molecule has 0 saturated carbocycles. The topological polar surface area (TPSA) is 64.4 Å². The van der Waals surface area contributed by atoms with E-state index < -0.39 is 0 Å². The van der Waals surface area contributed by atoms with Crippen molar-refractivity contribution in [3.05, 3.63) is 71.6 Å². The number of fused-ring (bicyclic) bond motifs is 2. The number of aryl methyl sites for hydroxylation is 1. The summed E-state index contributed by atoms with van der Waals surface area (Å²) in [6.45, 7) is 3.74. The zero-order valence-corrected chi connectivity index (χ0v) is 15.4. The zero-order chi connectivity index (χ0) is 19.0. The largest absolute Gasteiger partial charge is 0.497 e. The van der Waals surface area contributed by atoms with Crippen LogP contribution in [0.2, 0.25) is 0 Å². The van der Waals surface area contributed by atoms with Crippen LogP contribution in [0.3, 0.4) is 0 Å². The molecule has 5 heteroatoms. The number of amides is 1. The van der Waals surface area contributed by atoms with Crippen LogP contribution >= 0.6 is 0 Å². The van der Waals surface area contributed by atoms with E-state index in [1.165, 1.54) is 0 Å². The van der Waals surface area contributed by atoms with Crippen LogP contribution in [0.5, 0.6) is 5.75 Å². The van der Waals surface area contributed by atoms with Gasteiger partial charge in [-0.05, 0) is 50.2 Å². The van der Waals surface area contributed by atoms with E-state index in [4.69, 9.17) is 9.15 Å². The smallest absolute Gasteiger partial charge is 0.253 e. The number of aromatic nitrogens is 1. The second-order valence-electron chi connectivity index (χ2n) is 6.56. The van der Waals surface area contributed by atoms with Crippen molar-refractivity contribution in [3.63, 3.8) is 0 Å². The maximum Gasteiger partial charge on any atom is 0.253 e. The fourth-order valence-corrected chi connectivity index (χ4v) is 3.17. The number of hydrogen-bond acceptors (Lipinski definition) is 4. The number of nitrogens with one attached hydrogen (secondary N) is 1. The molecule has 136 valence electrons. The summed E-state index contributed by atoms with van der Waals surface area (Å²) in [5.41, 5.74) is 2.86. The van der Waals surface area contributed by atoms with Gasteiger partial charge < -0.3 is 14.5 Å². The Morgan fingerprint density at radius 1 is 1.11 bits per heavy atom. The summed E-state index contributed by atoms with van der Waals surface area (Å²) in [6.07, 6.45) is 0. The first-order chi connectivity index (χ1) is 13.0. The Bertz CT molecular complexity index is 1110. The molecule has 2 aromatic carbocycles. The lowest BCUT2D eigenvalue weighted by Gasteiger charge is -2.13. The fourth-order valence-electron chi connectivity index (χ4n) is 3.17. The summed E-state index contributed by atoms with van der Waals surface area (Å²) in [5.74, 6) is 1.27. The SMILES string of the molecule is COc1ccc2nc(C)c(C(=O)NC(C)c3cc4ccccc4o3)cc2c1. The van der Waals surface area contributed by atoms with Gasteiger partial charge in [-0.2, -0.15) is 0 Å². The number of para-hydroxylation sites is 1. The standard InChI is InChI=1S/C22H20N2O3/c1-13-18(11-16-10-17(26-3)8-9-19(16)23-13)22(25)24-14(2)21-12-15-6-4-5-7-20(15)27-21/h4-12,14H,1-3H3,(H,24,25). The minimum atomic E-state index is -0.259. The third kappa shape index (κ3) is 3.24. The molecule has 4 aromatic rings. The first kappa shape index (κ1) is 17.1. The van der Waals surface area contributed by atoms with Gasteiger partial charge in [-0.1, -0.05) is 18.2 Å². The number of benzene rings is 2. The molecule has 1 amide bonds. The Labute approximate surface area is 157 Å². The lowest BCUT2D eigenvalue weighted by atomic mass is 10.1. The van der Waals surface area contributed by atoms with E-state index in [0.717, 1.165) is 33.4 Å². The van der Waals surface area contributed by atoms with Gasteiger partial charge in [0.1, 0.15) is 17.1 Å². The van der Waals surface area contributed by atoms with Gasteiger partial charge in [-0.25, -0.2) is 0 Å². The van der Waals surface area contributed by atoms with Crippen molar-refractivity contribution in [2.45, 2.75) is 19.9 Å². The summed E-state index contributed by atoms with van der Waals surface area (Å²) in [4.78, 5) is 17.4. The van der Waals surface area contributed by atoms with Crippen molar-refractivity contribution >= 4 is 27.8 Å². The highest BCUT2D eigenvalue weighted by molar-refractivity contribution is 5.99. The summed E-state index contributed by atoms with van der Waals surface area (Å²) < 4.78 is 11.1. The van der Waals surface area contributed by atoms with Gasteiger partial charge in [0.2, 0.25) is 0 Å². The Morgan fingerprint density at radius 3 is 2.70 bits per heavy atom. The monoisotopic (exact) mass is 360 g/mol. The fraction of sp³-hybridized carbons (Fsp3) is 0.182. The number of rotatable bonds is 4. The zero-order valence-electron chi connectivity index (χ0n) is 15.4. The lowest BCUT2D eigenvalue weighted by Crippen LogP contribution is -2.27.